The van der Waals surface area contributed by atoms with Gasteiger partial charge in [-0.2, -0.15) is 12.6 Å². The molecule has 0 aromatic carbocycles. The second kappa shape index (κ2) is 12.2. The molecule has 0 aliphatic carbocycles. The lowest BCUT2D eigenvalue weighted by Crippen LogP contribution is -2.59. The van der Waals surface area contributed by atoms with Gasteiger partial charge < -0.3 is 32.5 Å². The van der Waals surface area contributed by atoms with E-state index < -0.39 is 53.8 Å². The average Bonchev–Trinajstić information content (AvgIpc) is 2.61. The number of carboxylic acids is 1. The summed E-state index contributed by atoms with van der Waals surface area (Å²) in [6, 6.07) is -4.50. The number of carboxylic acid groups (broad SMARTS) is 1. The van der Waals surface area contributed by atoms with Crippen LogP contribution in [0.1, 0.15) is 33.6 Å². The van der Waals surface area contributed by atoms with Crippen LogP contribution >= 0.6 is 12.6 Å². The average molecular weight is 420 g/mol. The van der Waals surface area contributed by atoms with Crippen LogP contribution in [0.5, 0.6) is 0 Å². The van der Waals surface area contributed by atoms with E-state index in [9.17, 15) is 24.0 Å². The Morgan fingerprint density at radius 2 is 1.57 bits per heavy atom. The van der Waals surface area contributed by atoms with Crippen molar-refractivity contribution < 1.29 is 29.1 Å². The highest BCUT2D eigenvalue weighted by atomic mass is 32.1. The number of hydrogen-bond donors (Lipinski definition) is 7. The second-order valence-electron chi connectivity index (χ2n) is 6.46. The van der Waals surface area contributed by atoms with Gasteiger partial charge in [0.05, 0.1) is 12.5 Å². The monoisotopic (exact) mass is 419 g/mol. The van der Waals surface area contributed by atoms with Crippen molar-refractivity contribution in [2.75, 3.05) is 5.75 Å². The molecule has 0 spiro atoms. The number of nitrogens with one attached hydrogen (secondary N) is 3. The number of carbonyl (C=O) groups is 5. The molecule has 0 rings (SSSR count). The highest BCUT2D eigenvalue weighted by Gasteiger charge is 2.31. The summed E-state index contributed by atoms with van der Waals surface area (Å²) in [7, 11) is 0. The minimum absolute atomic E-state index is 0.0910. The first-order valence-electron chi connectivity index (χ1n) is 8.73. The predicted octanol–water partition coefficient (Wildman–Crippen LogP) is -2.28. The molecule has 0 aromatic heterocycles. The van der Waals surface area contributed by atoms with E-state index in [4.69, 9.17) is 16.6 Å². The lowest BCUT2D eigenvalue weighted by Gasteiger charge is -2.27. The molecule has 12 heteroatoms. The molecule has 11 nitrogen and oxygen atoms in total. The Balaban J connectivity index is 5.18. The number of rotatable bonds is 12. The van der Waals surface area contributed by atoms with E-state index in [0.29, 0.717) is 6.42 Å². The van der Waals surface area contributed by atoms with Crippen LogP contribution in [-0.2, 0) is 24.0 Å². The molecule has 0 radical (unpaired) electrons. The van der Waals surface area contributed by atoms with Crippen LogP contribution in [0.2, 0.25) is 0 Å². The molecule has 0 aromatic rings. The Hall–Kier alpha value is -2.34. The minimum Gasteiger partial charge on any atom is -0.480 e. The summed E-state index contributed by atoms with van der Waals surface area (Å²) in [6.45, 7) is 4.80. The first-order valence-corrected chi connectivity index (χ1v) is 9.36. The molecule has 4 amide bonds. The van der Waals surface area contributed by atoms with Gasteiger partial charge in [0, 0.05) is 5.75 Å². The highest BCUT2D eigenvalue weighted by Crippen LogP contribution is 2.09. The summed E-state index contributed by atoms with van der Waals surface area (Å²) >= 11 is 4.01. The number of aliphatic carboxylic acids is 1. The predicted molar refractivity (Wildman–Crippen MR) is 104 cm³/mol. The van der Waals surface area contributed by atoms with Crippen molar-refractivity contribution in [3.63, 3.8) is 0 Å². The number of primary amides is 1. The van der Waals surface area contributed by atoms with E-state index >= 15 is 0 Å². The Morgan fingerprint density at radius 1 is 1.00 bits per heavy atom. The molecule has 0 saturated heterocycles. The Kier molecular flexibility index (Phi) is 11.2. The molecule has 0 aliphatic heterocycles. The molecule has 5 unspecified atom stereocenters. The van der Waals surface area contributed by atoms with Crippen molar-refractivity contribution >= 4 is 42.2 Å². The normalized spacial score (nSPS) is 16.0. The molecule has 0 aliphatic rings. The van der Waals surface area contributed by atoms with Crippen molar-refractivity contribution in [2.24, 2.45) is 17.4 Å². The first-order chi connectivity index (χ1) is 12.9. The van der Waals surface area contributed by atoms with E-state index in [1.807, 2.05) is 0 Å². The minimum atomic E-state index is -1.23. The standard InChI is InChI=1S/C16H29N5O6S/c1-4-7(2)12(21-13(23)9(17)5-11(18)22)15(25)20-10(6-28)14(24)19-8(3)16(26)27/h7-10,12,28H,4-6,17H2,1-3H3,(H2,18,22)(H,19,24)(H,20,25)(H,21,23)(H,26,27). The van der Waals surface area contributed by atoms with Crippen molar-refractivity contribution in [1.82, 2.24) is 16.0 Å². The Bertz CT molecular complexity index is 602. The van der Waals surface area contributed by atoms with Crippen molar-refractivity contribution in [3.05, 3.63) is 0 Å². The number of hydrogen-bond acceptors (Lipinski definition) is 7. The van der Waals surface area contributed by atoms with Gasteiger partial charge in [-0.1, -0.05) is 20.3 Å². The van der Waals surface area contributed by atoms with Crippen LogP contribution < -0.4 is 27.4 Å². The molecule has 0 fully saturated rings. The number of amides is 4. The number of thiol groups is 1. The van der Waals surface area contributed by atoms with E-state index in [1.54, 1.807) is 13.8 Å². The second-order valence-corrected chi connectivity index (χ2v) is 6.83. The first kappa shape index (κ1) is 25.7. The summed E-state index contributed by atoms with van der Waals surface area (Å²) in [4.78, 5) is 58.7. The van der Waals surface area contributed by atoms with Crippen LogP contribution in [0.25, 0.3) is 0 Å². The van der Waals surface area contributed by atoms with Gasteiger partial charge in [-0.3, -0.25) is 24.0 Å². The maximum atomic E-state index is 12.6. The summed E-state index contributed by atoms with van der Waals surface area (Å²) in [5, 5.41) is 16.0. The van der Waals surface area contributed by atoms with Gasteiger partial charge in [0.15, 0.2) is 0 Å². The molecule has 0 bridgehead atoms. The van der Waals surface area contributed by atoms with Crippen molar-refractivity contribution in [2.45, 2.75) is 57.8 Å². The fourth-order valence-corrected chi connectivity index (χ4v) is 2.36. The summed E-state index contributed by atoms with van der Waals surface area (Å²) in [5.74, 6) is -4.51. The van der Waals surface area contributed by atoms with E-state index in [2.05, 4.69) is 28.6 Å². The van der Waals surface area contributed by atoms with Crippen molar-refractivity contribution in [1.29, 1.82) is 0 Å². The quantitative estimate of drug-likeness (QED) is 0.173. The molecule has 0 heterocycles. The zero-order valence-electron chi connectivity index (χ0n) is 16.1. The fraction of sp³-hybridized carbons (Fsp3) is 0.688. The van der Waals surface area contributed by atoms with E-state index in [0.717, 1.165) is 0 Å². The van der Waals surface area contributed by atoms with Crippen LogP contribution in [0.4, 0.5) is 0 Å². The van der Waals surface area contributed by atoms with Gasteiger partial charge in [0.1, 0.15) is 18.1 Å². The number of nitrogens with two attached hydrogens (primary N) is 2. The van der Waals surface area contributed by atoms with E-state index in [-0.39, 0.29) is 18.1 Å². The third-order valence-electron chi connectivity index (χ3n) is 4.10. The smallest absolute Gasteiger partial charge is 0.325 e. The van der Waals surface area contributed by atoms with Crippen LogP contribution in [0.15, 0.2) is 0 Å². The van der Waals surface area contributed by atoms with Gasteiger partial charge in [-0.05, 0) is 12.8 Å². The third-order valence-corrected chi connectivity index (χ3v) is 4.46. The molecule has 8 N–H and O–H groups in total. The summed E-state index contributed by atoms with van der Waals surface area (Å²) in [5.41, 5.74) is 10.6. The molecule has 160 valence electrons. The molecular formula is C16H29N5O6S. The van der Waals surface area contributed by atoms with Crippen LogP contribution in [-0.4, -0.2) is 64.6 Å². The van der Waals surface area contributed by atoms with Gasteiger partial charge in [-0.15, -0.1) is 0 Å². The lowest BCUT2D eigenvalue weighted by atomic mass is 9.97. The van der Waals surface area contributed by atoms with Crippen LogP contribution in [0.3, 0.4) is 0 Å². The zero-order valence-corrected chi connectivity index (χ0v) is 17.0. The fourth-order valence-electron chi connectivity index (χ4n) is 2.10. The topological polar surface area (TPSA) is 194 Å². The molecular weight excluding hydrogens is 390 g/mol. The largest absolute Gasteiger partial charge is 0.480 e. The summed E-state index contributed by atoms with van der Waals surface area (Å²) < 4.78 is 0. The third kappa shape index (κ3) is 8.57. The van der Waals surface area contributed by atoms with Gasteiger partial charge in [0.2, 0.25) is 23.6 Å². The van der Waals surface area contributed by atoms with Crippen molar-refractivity contribution in [3.8, 4) is 0 Å². The summed E-state index contributed by atoms with van der Waals surface area (Å²) in [6.07, 6.45) is 0.145. The SMILES string of the molecule is CCC(C)C(NC(=O)C(N)CC(N)=O)C(=O)NC(CS)C(=O)NC(C)C(=O)O. The Morgan fingerprint density at radius 3 is 2.00 bits per heavy atom. The zero-order chi connectivity index (χ0) is 22.0. The molecule has 28 heavy (non-hydrogen) atoms. The van der Waals surface area contributed by atoms with Gasteiger partial charge in [-0.25, -0.2) is 0 Å². The Labute approximate surface area is 168 Å². The maximum Gasteiger partial charge on any atom is 0.325 e. The van der Waals surface area contributed by atoms with Crippen LogP contribution in [0, 0.1) is 5.92 Å². The maximum absolute atomic E-state index is 12.6. The van der Waals surface area contributed by atoms with Gasteiger partial charge in [0.25, 0.3) is 0 Å². The van der Waals surface area contributed by atoms with Gasteiger partial charge >= 0.3 is 5.97 Å². The molecule has 0 saturated carbocycles. The lowest BCUT2D eigenvalue weighted by molar-refractivity contribution is -0.141. The molecule has 5 atom stereocenters. The van der Waals surface area contributed by atoms with E-state index in [1.165, 1.54) is 6.92 Å². The number of carbonyl (C=O) groups excluding carboxylic acids is 4. The highest BCUT2D eigenvalue weighted by molar-refractivity contribution is 7.80.